The van der Waals surface area contributed by atoms with Gasteiger partial charge >= 0.3 is 0 Å². The van der Waals surface area contributed by atoms with E-state index in [4.69, 9.17) is 5.73 Å². The van der Waals surface area contributed by atoms with E-state index in [9.17, 15) is 0 Å². The third-order valence-electron chi connectivity index (χ3n) is 2.15. The number of hydrogen-bond acceptors (Lipinski definition) is 3. The average Bonchev–Trinajstić information content (AvgIpc) is 1.81. The van der Waals surface area contributed by atoms with Crippen LogP contribution in [0.25, 0.3) is 0 Å². The fourth-order valence-corrected chi connectivity index (χ4v) is 2.36. The summed E-state index contributed by atoms with van der Waals surface area (Å²) in [4.78, 5) is 2.54. The number of nitrogens with zero attached hydrogens (tertiary/aromatic N) is 1. The lowest BCUT2D eigenvalue weighted by Crippen LogP contribution is -2.47. The van der Waals surface area contributed by atoms with Crippen molar-refractivity contribution in [3.63, 3.8) is 0 Å². The minimum absolute atomic E-state index is 0.766. The molecule has 0 spiro atoms. The Kier molecular flexibility index (Phi) is 4.40. The highest BCUT2D eigenvalue weighted by atomic mass is 32.2. The van der Waals surface area contributed by atoms with Gasteiger partial charge in [0.2, 0.25) is 0 Å². The molecule has 0 aromatic heterocycles. The van der Waals surface area contributed by atoms with Gasteiger partial charge in [0, 0.05) is 37.2 Å². The van der Waals surface area contributed by atoms with Gasteiger partial charge in [0.1, 0.15) is 0 Å². The summed E-state index contributed by atoms with van der Waals surface area (Å²) in [6, 6.07) is 0.820. The summed E-state index contributed by atoms with van der Waals surface area (Å²) in [5, 5.41) is 0. The summed E-state index contributed by atoms with van der Waals surface area (Å²) < 4.78 is 0. The number of nitrogens with two attached hydrogens (primary N) is 1. The Bertz CT molecular complexity index is 124. The molecule has 1 heterocycles. The lowest BCUT2D eigenvalue weighted by Gasteiger charge is -2.37. The first-order chi connectivity index (χ1) is 5.74. The molecular formula is C9H20N2S. The quantitative estimate of drug-likeness (QED) is 0.698. The van der Waals surface area contributed by atoms with Gasteiger partial charge in [-0.15, -0.1) is 0 Å². The zero-order valence-electron chi connectivity index (χ0n) is 8.12. The zero-order chi connectivity index (χ0) is 8.97. The lowest BCUT2D eigenvalue weighted by molar-refractivity contribution is 0.202. The Morgan fingerprint density at radius 1 is 1.50 bits per heavy atom. The van der Waals surface area contributed by atoms with Gasteiger partial charge in [0.15, 0.2) is 0 Å². The van der Waals surface area contributed by atoms with Crippen LogP contribution < -0.4 is 5.73 Å². The van der Waals surface area contributed by atoms with Gasteiger partial charge in [0.05, 0.1) is 0 Å². The topological polar surface area (TPSA) is 29.3 Å². The Morgan fingerprint density at radius 3 is 2.50 bits per heavy atom. The highest BCUT2D eigenvalue weighted by molar-refractivity contribution is 8.00. The van der Waals surface area contributed by atoms with Gasteiger partial charge in [-0.2, -0.15) is 11.8 Å². The second-order valence-corrected chi connectivity index (χ2v) is 4.94. The van der Waals surface area contributed by atoms with E-state index in [1.807, 2.05) is 11.8 Å². The molecule has 12 heavy (non-hydrogen) atoms. The fourth-order valence-electron chi connectivity index (χ4n) is 1.49. The molecule has 72 valence electrons. The van der Waals surface area contributed by atoms with Crippen LogP contribution in [0.15, 0.2) is 0 Å². The molecule has 1 aliphatic heterocycles. The maximum atomic E-state index is 5.57. The van der Waals surface area contributed by atoms with E-state index in [0.29, 0.717) is 0 Å². The summed E-state index contributed by atoms with van der Waals surface area (Å²) in [6.07, 6.45) is 0. The van der Waals surface area contributed by atoms with E-state index in [-0.39, 0.29) is 0 Å². The molecule has 1 aliphatic rings. The molecular weight excluding hydrogens is 168 g/mol. The van der Waals surface area contributed by atoms with Crippen LogP contribution in [0.2, 0.25) is 0 Å². The Morgan fingerprint density at radius 2 is 2.17 bits per heavy atom. The largest absolute Gasteiger partial charge is 0.329 e. The molecule has 1 saturated heterocycles. The smallest absolute Gasteiger partial charge is 0.0277 e. The monoisotopic (exact) mass is 188 g/mol. The van der Waals surface area contributed by atoms with Crippen LogP contribution in [0.4, 0.5) is 0 Å². The molecule has 0 bridgehead atoms. The summed E-state index contributed by atoms with van der Waals surface area (Å²) in [7, 11) is 0. The van der Waals surface area contributed by atoms with Crippen molar-refractivity contribution >= 4 is 11.8 Å². The van der Waals surface area contributed by atoms with Crippen molar-refractivity contribution in [2.24, 2.45) is 11.7 Å². The van der Waals surface area contributed by atoms with Crippen molar-refractivity contribution in [1.82, 2.24) is 4.90 Å². The summed E-state index contributed by atoms with van der Waals surface area (Å²) in [6.45, 7) is 7.63. The lowest BCUT2D eigenvalue weighted by atomic mass is 10.1. The molecule has 0 aliphatic carbocycles. The molecule has 0 radical (unpaired) electrons. The standard InChI is InChI=1S/C9H20N2S/c1-8(2)5-11(4-3-10)9-6-12-7-9/h8-9H,3-7,10H2,1-2H3. The molecule has 0 unspecified atom stereocenters. The molecule has 2 N–H and O–H groups in total. The molecule has 1 fully saturated rings. The minimum atomic E-state index is 0.766. The summed E-state index contributed by atoms with van der Waals surface area (Å²) >= 11 is 2.04. The van der Waals surface area contributed by atoms with E-state index in [1.54, 1.807) is 0 Å². The van der Waals surface area contributed by atoms with Crippen molar-refractivity contribution in [2.75, 3.05) is 31.1 Å². The molecule has 0 atom stereocenters. The van der Waals surface area contributed by atoms with Crippen LogP contribution in [0.3, 0.4) is 0 Å². The second kappa shape index (κ2) is 5.10. The van der Waals surface area contributed by atoms with Gasteiger partial charge < -0.3 is 5.73 Å². The Labute approximate surface area is 79.9 Å². The average molecular weight is 188 g/mol. The zero-order valence-corrected chi connectivity index (χ0v) is 8.94. The van der Waals surface area contributed by atoms with Crippen LogP contribution >= 0.6 is 11.8 Å². The first-order valence-corrected chi connectivity index (χ1v) is 5.91. The van der Waals surface area contributed by atoms with Crippen LogP contribution in [0, 0.1) is 5.92 Å². The molecule has 2 nitrogen and oxygen atoms in total. The summed E-state index contributed by atoms with van der Waals surface area (Å²) in [5.74, 6) is 3.39. The second-order valence-electron chi connectivity index (χ2n) is 3.87. The Balaban J connectivity index is 2.26. The molecule has 0 saturated carbocycles. The summed E-state index contributed by atoms with van der Waals surface area (Å²) in [5.41, 5.74) is 5.57. The third kappa shape index (κ3) is 2.96. The fraction of sp³-hybridized carbons (Fsp3) is 1.00. The highest BCUT2D eigenvalue weighted by Crippen LogP contribution is 2.23. The SMILES string of the molecule is CC(C)CN(CCN)C1CSC1. The van der Waals surface area contributed by atoms with Crippen LogP contribution in [-0.4, -0.2) is 42.1 Å². The van der Waals surface area contributed by atoms with E-state index in [1.165, 1.54) is 18.1 Å². The van der Waals surface area contributed by atoms with Crippen molar-refractivity contribution in [3.8, 4) is 0 Å². The predicted octanol–water partition coefficient (Wildman–Crippen LogP) is 1.02. The molecule has 0 aromatic carbocycles. The maximum Gasteiger partial charge on any atom is 0.0277 e. The van der Waals surface area contributed by atoms with Gasteiger partial charge in [-0.05, 0) is 5.92 Å². The molecule has 3 heteroatoms. The van der Waals surface area contributed by atoms with E-state index >= 15 is 0 Å². The predicted molar refractivity (Wildman–Crippen MR) is 56.6 cm³/mol. The van der Waals surface area contributed by atoms with Gasteiger partial charge in [-0.25, -0.2) is 0 Å². The first kappa shape index (κ1) is 10.4. The van der Waals surface area contributed by atoms with E-state index in [2.05, 4.69) is 18.7 Å². The van der Waals surface area contributed by atoms with Crippen molar-refractivity contribution < 1.29 is 0 Å². The van der Waals surface area contributed by atoms with Crippen LogP contribution in [0.1, 0.15) is 13.8 Å². The van der Waals surface area contributed by atoms with Crippen LogP contribution in [0.5, 0.6) is 0 Å². The van der Waals surface area contributed by atoms with Crippen molar-refractivity contribution in [2.45, 2.75) is 19.9 Å². The van der Waals surface area contributed by atoms with Gasteiger partial charge in [-0.1, -0.05) is 13.8 Å². The van der Waals surface area contributed by atoms with Gasteiger partial charge in [-0.3, -0.25) is 4.90 Å². The van der Waals surface area contributed by atoms with Crippen LogP contribution in [-0.2, 0) is 0 Å². The van der Waals surface area contributed by atoms with Crippen molar-refractivity contribution in [3.05, 3.63) is 0 Å². The maximum absolute atomic E-state index is 5.57. The molecule has 0 amide bonds. The van der Waals surface area contributed by atoms with Crippen molar-refractivity contribution in [1.29, 1.82) is 0 Å². The minimum Gasteiger partial charge on any atom is -0.329 e. The van der Waals surface area contributed by atoms with E-state index < -0.39 is 0 Å². The number of thioether (sulfide) groups is 1. The highest BCUT2D eigenvalue weighted by Gasteiger charge is 2.24. The molecule has 1 rings (SSSR count). The molecule has 0 aromatic rings. The first-order valence-electron chi connectivity index (χ1n) is 4.76. The normalized spacial score (nSPS) is 18.8. The Hall–Kier alpha value is 0.270. The third-order valence-corrected chi connectivity index (χ3v) is 3.39. The number of rotatable bonds is 5. The van der Waals surface area contributed by atoms with E-state index in [0.717, 1.165) is 25.0 Å². The van der Waals surface area contributed by atoms with Gasteiger partial charge in [0.25, 0.3) is 0 Å². The number of hydrogen-bond donors (Lipinski definition) is 1.